The van der Waals surface area contributed by atoms with Crippen LogP contribution in [0.5, 0.6) is 0 Å². The van der Waals surface area contributed by atoms with Crippen molar-refractivity contribution in [3.8, 4) is 0 Å². The molecule has 2 amide bonds. The molecule has 2 N–H and O–H groups in total. The number of aromatic nitrogens is 2. The molecule has 1 unspecified atom stereocenters. The van der Waals surface area contributed by atoms with E-state index >= 15 is 0 Å². The highest BCUT2D eigenvalue weighted by Crippen LogP contribution is 2.12. The van der Waals surface area contributed by atoms with E-state index in [4.69, 9.17) is 11.6 Å². The Kier molecular flexibility index (Phi) is 3.00. The van der Waals surface area contributed by atoms with E-state index in [1.807, 2.05) is 0 Å². The summed E-state index contributed by atoms with van der Waals surface area (Å²) in [5.41, 5.74) is 0. The van der Waals surface area contributed by atoms with Crippen molar-refractivity contribution in [2.24, 2.45) is 5.92 Å². The van der Waals surface area contributed by atoms with Gasteiger partial charge in [0.25, 0.3) is 0 Å². The fourth-order valence-corrected chi connectivity index (χ4v) is 1.50. The van der Waals surface area contributed by atoms with Gasteiger partial charge >= 0.3 is 0 Å². The van der Waals surface area contributed by atoms with Gasteiger partial charge in [-0.05, 0) is 12.1 Å². The number of hydrogen-bond donors (Lipinski definition) is 2. The van der Waals surface area contributed by atoms with Gasteiger partial charge in [-0.25, -0.2) is 0 Å². The first kappa shape index (κ1) is 10.8. The molecular weight excluding hydrogens is 232 g/mol. The van der Waals surface area contributed by atoms with Crippen LogP contribution in [0.2, 0.25) is 5.15 Å². The second-order valence-electron chi connectivity index (χ2n) is 3.44. The van der Waals surface area contributed by atoms with E-state index in [1.54, 1.807) is 6.07 Å². The SMILES string of the molecule is O=C1CC(C(=O)Nc2ccc(Cl)nn2)CN1. The fraction of sp³-hybridized carbons (Fsp3) is 0.333. The van der Waals surface area contributed by atoms with Crippen molar-refractivity contribution in [1.29, 1.82) is 0 Å². The number of anilines is 1. The van der Waals surface area contributed by atoms with E-state index in [9.17, 15) is 9.59 Å². The number of amides is 2. The topological polar surface area (TPSA) is 84.0 Å². The minimum Gasteiger partial charge on any atom is -0.355 e. The van der Waals surface area contributed by atoms with Crippen LogP contribution in [-0.2, 0) is 9.59 Å². The van der Waals surface area contributed by atoms with Crippen LogP contribution in [0.1, 0.15) is 6.42 Å². The van der Waals surface area contributed by atoms with Crippen LogP contribution in [-0.4, -0.2) is 28.6 Å². The molecule has 1 saturated heterocycles. The quantitative estimate of drug-likeness (QED) is 0.774. The van der Waals surface area contributed by atoms with Crippen LogP contribution in [0.3, 0.4) is 0 Å². The first-order valence-electron chi connectivity index (χ1n) is 4.72. The van der Waals surface area contributed by atoms with Crippen LogP contribution >= 0.6 is 11.6 Å². The maximum absolute atomic E-state index is 11.6. The highest BCUT2D eigenvalue weighted by molar-refractivity contribution is 6.29. The standard InChI is InChI=1S/C9H9ClN4O2/c10-6-1-2-7(14-13-6)12-9(16)5-3-8(15)11-4-5/h1-2,5H,3-4H2,(H,11,15)(H,12,14,16). The van der Waals surface area contributed by atoms with Gasteiger partial charge < -0.3 is 10.6 Å². The van der Waals surface area contributed by atoms with Crippen molar-refractivity contribution < 1.29 is 9.59 Å². The van der Waals surface area contributed by atoms with Crippen molar-refractivity contribution in [3.63, 3.8) is 0 Å². The Labute approximate surface area is 96.4 Å². The lowest BCUT2D eigenvalue weighted by atomic mass is 10.1. The van der Waals surface area contributed by atoms with E-state index < -0.39 is 0 Å². The zero-order valence-electron chi connectivity index (χ0n) is 8.24. The average Bonchev–Trinajstić information content (AvgIpc) is 2.68. The number of rotatable bonds is 2. The molecule has 0 aliphatic carbocycles. The van der Waals surface area contributed by atoms with Crippen molar-refractivity contribution >= 4 is 29.2 Å². The molecule has 0 bridgehead atoms. The summed E-state index contributed by atoms with van der Waals surface area (Å²) in [7, 11) is 0. The first-order valence-corrected chi connectivity index (χ1v) is 5.10. The first-order chi connectivity index (χ1) is 7.65. The Morgan fingerprint density at radius 2 is 2.31 bits per heavy atom. The molecule has 7 heteroatoms. The average molecular weight is 241 g/mol. The smallest absolute Gasteiger partial charge is 0.230 e. The molecule has 0 saturated carbocycles. The van der Waals surface area contributed by atoms with Gasteiger partial charge in [0.15, 0.2) is 11.0 Å². The van der Waals surface area contributed by atoms with Crippen LogP contribution in [0.4, 0.5) is 5.82 Å². The second kappa shape index (κ2) is 4.44. The Morgan fingerprint density at radius 3 is 2.88 bits per heavy atom. The molecule has 0 radical (unpaired) electrons. The van der Waals surface area contributed by atoms with Gasteiger partial charge in [-0.2, -0.15) is 0 Å². The summed E-state index contributed by atoms with van der Waals surface area (Å²) in [4.78, 5) is 22.6. The van der Waals surface area contributed by atoms with Gasteiger partial charge in [0.1, 0.15) is 0 Å². The largest absolute Gasteiger partial charge is 0.355 e. The third-order valence-corrected chi connectivity index (χ3v) is 2.43. The van der Waals surface area contributed by atoms with Gasteiger partial charge in [-0.15, -0.1) is 10.2 Å². The van der Waals surface area contributed by atoms with Crippen LogP contribution in [0, 0.1) is 5.92 Å². The Balaban J connectivity index is 1.97. The molecule has 1 atom stereocenters. The summed E-state index contributed by atoms with van der Waals surface area (Å²) in [5, 5.41) is 12.7. The van der Waals surface area contributed by atoms with Crippen molar-refractivity contribution in [1.82, 2.24) is 15.5 Å². The summed E-state index contributed by atoms with van der Waals surface area (Å²) >= 11 is 5.55. The molecule has 1 aliphatic heterocycles. The normalized spacial score (nSPS) is 19.3. The van der Waals surface area contributed by atoms with E-state index in [0.29, 0.717) is 12.4 Å². The number of nitrogens with one attached hydrogen (secondary N) is 2. The monoisotopic (exact) mass is 240 g/mol. The lowest BCUT2D eigenvalue weighted by Gasteiger charge is -2.07. The molecule has 0 spiro atoms. The number of halogens is 1. The summed E-state index contributed by atoms with van der Waals surface area (Å²) in [6.45, 7) is 0.367. The predicted molar refractivity (Wildman–Crippen MR) is 56.8 cm³/mol. The molecule has 2 heterocycles. The third-order valence-electron chi connectivity index (χ3n) is 2.23. The van der Waals surface area contributed by atoms with Gasteiger partial charge in [-0.1, -0.05) is 11.6 Å². The highest BCUT2D eigenvalue weighted by Gasteiger charge is 2.28. The second-order valence-corrected chi connectivity index (χ2v) is 3.82. The molecular formula is C9H9ClN4O2. The van der Waals surface area contributed by atoms with Gasteiger partial charge in [0.05, 0.1) is 5.92 Å². The van der Waals surface area contributed by atoms with E-state index in [-0.39, 0.29) is 29.3 Å². The maximum atomic E-state index is 11.6. The summed E-state index contributed by atoms with van der Waals surface area (Å²) < 4.78 is 0. The molecule has 0 aromatic carbocycles. The number of carbonyl (C=O) groups excluding carboxylic acids is 2. The Bertz CT molecular complexity index is 420. The fourth-order valence-electron chi connectivity index (χ4n) is 1.40. The zero-order chi connectivity index (χ0) is 11.5. The molecule has 2 rings (SSSR count). The number of hydrogen-bond acceptors (Lipinski definition) is 4. The van der Waals surface area contributed by atoms with Crippen LogP contribution in [0.25, 0.3) is 0 Å². The van der Waals surface area contributed by atoms with Crippen molar-refractivity contribution in [2.75, 3.05) is 11.9 Å². The minimum atomic E-state index is -0.343. The molecule has 6 nitrogen and oxygen atoms in total. The number of carbonyl (C=O) groups is 2. The Morgan fingerprint density at radius 1 is 1.50 bits per heavy atom. The number of nitrogens with zero attached hydrogens (tertiary/aromatic N) is 2. The lowest BCUT2D eigenvalue weighted by Crippen LogP contribution is -2.25. The molecule has 84 valence electrons. The van der Waals surface area contributed by atoms with E-state index in [0.717, 1.165) is 0 Å². The van der Waals surface area contributed by atoms with Gasteiger partial charge in [-0.3, -0.25) is 9.59 Å². The molecule has 1 fully saturated rings. The van der Waals surface area contributed by atoms with E-state index in [1.165, 1.54) is 6.07 Å². The van der Waals surface area contributed by atoms with Crippen molar-refractivity contribution in [2.45, 2.75) is 6.42 Å². The van der Waals surface area contributed by atoms with Crippen LogP contribution in [0.15, 0.2) is 12.1 Å². The summed E-state index contributed by atoms with van der Waals surface area (Å²) in [5.74, 6) is -0.365. The Hall–Kier alpha value is -1.69. The minimum absolute atomic E-state index is 0.109. The maximum Gasteiger partial charge on any atom is 0.230 e. The predicted octanol–water partition coefficient (Wildman–Crippen LogP) is 0.205. The molecule has 1 aromatic rings. The summed E-state index contributed by atoms with van der Waals surface area (Å²) in [6.07, 6.45) is 0.215. The van der Waals surface area contributed by atoms with Crippen molar-refractivity contribution in [3.05, 3.63) is 17.3 Å². The highest BCUT2D eigenvalue weighted by atomic mass is 35.5. The van der Waals surface area contributed by atoms with Crippen LogP contribution < -0.4 is 10.6 Å². The summed E-state index contributed by atoms with van der Waals surface area (Å²) in [6, 6.07) is 3.08. The zero-order valence-corrected chi connectivity index (χ0v) is 8.99. The molecule has 1 aromatic heterocycles. The van der Waals surface area contributed by atoms with Gasteiger partial charge in [0.2, 0.25) is 11.8 Å². The van der Waals surface area contributed by atoms with E-state index in [2.05, 4.69) is 20.8 Å². The van der Waals surface area contributed by atoms with Gasteiger partial charge in [0, 0.05) is 13.0 Å². The lowest BCUT2D eigenvalue weighted by molar-refractivity contribution is -0.123. The molecule has 1 aliphatic rings. The third kappa shape index (κ3) is 2.46. The molecule has 16 heavy (non-hydrogen) atoms.